The van der Waals surface area contributed by atoms with Crippen molar-refractivity contribution in [1.29, 1.82) is 0 Å². The van der Waals surface area contributed by atoms with E-state index in [-0.39, 0.29) is 12.5 Å². The van der Waals surface area contributed by atoms with Crippen LogP contribution in [0.5, 0.6) is 5.75 Å². The van der Waals surface area contributed by atoms with Gasteiger partial charge in [-0.1, -0.05) is 18.2 Å². The lowest BCUT2D eigenvalue weighted by atomic mass is 9.95. The smallest absolute Gasteiger partial charge is 0.338 e. The first-order valence-electron chi connectivity index (χ1n) is 11.7. The van der Waals surface area contributed by atoms with Gasteiger partial charge >= 0.3 is 5.97 Å². The number of fused-ring (bicyclic) bond motifs is 1. The molecular formula is C28H24FN3O4. The molecule has 2 heterocycles. The molecule has 1 aromatic heterocycles. The summed E-state index contributed by atoms with van der Waals surface area (Å²) in [6.07, 6.45) is 0. The van der Waals surface area contributed by atoms with E-state index in [2.05, 4.69) is 10.2 Å². The highest BCUT2D eigenvalue weighted by atomic mass is 19.1. The van der Waals surface area contributed by atoms with E-state index >= 15 is 4.39 Å². The molecule has 1 N–H and O–H groups in total. The van der Waals surface area contributed by atoms with Crippen LogP contribution in [0.1, 0.15) is 51.9 Å². The zero-order chi connectivity index (χ0) is 25.2. The molecule has 1 amide bonds. The second kappa shape index (κ2) is 9.65. The van der Waals surface area contributed by atoms with Crippen molar-refractivity contribution in [2.24, 2.45) is 0 Å². The minimum absolute atomic E-state index is 0.260. The minimum atomic E-state index is -0.762. The van der Waals surface area contributed by atoms with Gasteiger partial charge in [-0.25, -0.2) is 9.18 Å². The fourth-order valence-corrected chi connectivity index (χ4v) is 4.47. The van der Waals surface area contributed by atoms with Crippen LogP contribution < -0.4 is 9.64 Å². The summed E-state index contributed by atoms with van der Waals surface area (Å²) in [5.41, 5.74) is 3.43. The lowest BCUT2D eigenvalue weighted by Crippen LogP contribution is -2.30. The predicted octanol–water partition coefficient (Wildman–Crippen LogP) is 5.54. The molecule has 8 heteroatoms. The first kappa shape index (κ1) is 23.3. The molecule has 1 aliphatic rings. The Bertz CT molecular complexity index is 1410. The summed E-state index contributed by atoms with van der Waals surface area (Å²) < 4.78 is 25.7. The summed E-state index contributed by atoms with van der Waals surface area (Å²) in [6, 6.07) is 19.5. The number of hydrogen-bond acceptors (Lipinski definition) is 5. The number of benzene rings is 3. The molecule has 0 saturated carbocycles. The third kappa shape index (κ3) is 4.00. The molecule has 5 rings (SSSR count). The third-order valence-corrected chi connectivity index (χ3v) is 6.06. The molecule has 1 unspecified atom stereocenters. The molecule has 182 valence electrons. The standard InChI is InChI=1S/C28H24FN3O4/c1-3-35-20-15-11-17(12-16-20)24-23-25(31-30-24)27(33)32(26(23)21-7-5-6-8-22(21)29)19-13-9-18(10-14-19)28(34)36-4-2/h5-16,26H,3-4H2,1-2H3,(H,30,31). The number of hydrogen-bond donors (Lipinski definition) is 1. The van der Waals surface area contributed by atoms with Crippen molar-refractivity contribution < 1.29 is 23.5 Å². The second-order valence-corrected chi connectivity index (χ2v) is 8.18. The lowest BCUT2D eigenvalue weighted by Gasteiger charge is -2.27. The van der Waals surface area contributed by atoms with Gasteiger partial charge in [-0.3, -0.25) is 14.8 Å². The summed E-state index contributed by atoms with van der Waals surface area (Å²) in [5, 5.41) is 7.30. The molecule has 0 radical (unpaired) electrons. The molecule has 4 aromatic rings. The van der Waals surface area contributed by atoms with Gasteiger partial charge < -0.3 is 9.47 Å². The van der Waals surface area contributed by atoms with Crippen molar-refractivity contribution in [3.05, 3.63) is 101 Å². The van der Waals surface area contributed by atoms with Gasteiger partial charge in [0.25, 0.3) is 5.91 Å². The number of esters is 1. The normalized spacial score (nSPS) is 14.6. The SMILES string of the molecule is CCOC(=O)c1ccc(N2C(=O)c3[nH]nc(-c4ccc(OCC)cc4)c3C2c2ccccc2F)cc1. The van der Waals surface area contributed by atoms with Crippen molar-refractivity contribution in [3.8, 4) is 17.0 Å². The van der Waals surface area contributed by atoms with Crippen LogP contribution in [-0.4, -0.2) is 35.3 Å². The molecule has 3 aromatic carbocycles. The number of anilines is 1. The monoisotopic (exact) mass is 485 g/mol. The fraction of sp³-hybridized carbons (Fsp3) is 0.179. The number of nitrogens with zero attached hydrogens (tertiary/aromatic N) is 2. The Morgan fingerprint density at radius 2 is 1.72 bits per heavy atom. The van der Waals surface area contributed by atoms with Crippen molar-refractivity contribution >= 4 is 17.6 Å². The first-order valence-corrected chi connectivity index (χ1v) is 11.7. The van der Waals surface area contributed by atoms with E-state index in [0.717, 1.165) is 11.3 Å². The van der Waals surface area contributed by atoms with Gasteiger partial charge in [0.15, 0.2) is 0 Å². The zero-order valence-electron chi connectivity index (χ0n) is 19.8. The van der Waals surface area contributed by atoms with E-state index in [1.165, 1.54) is 11.0 Å². The molecular weight excluding hydrogens is 461 g/mol. The van der Waals surface area contributed by atoms with E-state index in [1.54, 1.807) is 49.4 Å². The van der Waals surface area contributed by atoms with Crippen LogP contribution in [0.4, 0.5) is 10.1 Å². The van der Waals surface area contributed by atoms with E-state index in [4.69, 9.17) is 9.47 Å². The Morgan fingerprint density at radius 3 is 2.39 bits per heavy atom. The number of ether oxygens (including phenoxy) is 2. The van der Waals surface area contributed by atoms with Gasteiger partial charge in [0, 0.05) is 22.4 Å². The predicted molar refractivity (Wildman–Crippen MR) is 133 cm³/mol. The van der Waals surface area contributed by atoms with Crippen LogP contribution in [0.2, 0.25) is 0 Å². The van der Waals surface area contributed by atoms with Gasteiger partial charge in [0.05, 0.1) is 30.5 Å². The average Bonchev–Trinajstić information content (AvgIpc) is 3.44. The van der Waals surface area contributed by atoms with E-state index in [1.807, 2.05) is 31.2 Å². The molecule has 7 nitrogen and oxygen atoms in total. The number of aromatic nitrogens is 2. The summed E-state index contributed by atoms with van der Waals surface area (Å²) in [6.45, 7) is 4.45. The highest BCUT2D eigenvalue weighted by Gasteiger charge is 2.44. The maximum absolute atomic E-state index is 15.1. The van der Waals surface area contributed by atoms with Crippen molar-refractivity contribution in [2.75, 3.05) is 18.1 Å². The topological polar surface area (TPSA) is 84.5 Å². The van der Waals surface area contributed by atoms with Crippen LogP contribution in [-0.2, 0) is 4.74 Å². The van der Waals surface area contributed by atoms with Gasteiger partial charge in [-0.2, -0.15) is 5.10 Å². The summed E-state index contributed by atoms with van der Waals surface area (Å²) in [4.78, 5) is 27.2. The number of amides is 1. The van der Waals surface area contributed by atoms with Crippen LogP contribution in [0.15, 0.2) is 72.8 Å². The van der Waals surface area contributed by atoms with Crippen LogP contribution in [0.3, 0.4) is 0 Å². The quantitative estimate of drug-likeness (QED) is 0.348. The van der Waals surface area contributed by atoms with Crippen molar-refractivity contribution in [1.82, 2.24) is 10.2 Å². The number of carbonyl (C=O) groups is 2. The summed E-state index contributed by atoms with van der Waals surface area (Å²) >= 11 is 0. The number of halogens is 1. The molecule has 1 aliphatic heterocycles. The zero-order valence-corrected chi connectivity index (χ0v) is 19.8. The molecule has 0 fully saturated rings. The molecule has 0 bridgehead atoms. The molecule has 1 atom stereocenters. The summed E-state index contributed by atoms with van der Waals surface area (Å²) in [5.74, 6) is -0.505. The highest BCUT2D eigenvalue weighted by molar-refractivity contribution is 6.12. The lowest BCUT2D eigenvalue weighted by molar-refractivity contribution is 0.0526. The Morgan fingerprint density at radius 1 is 1.00 bits per heavy atom. The number of carbonyl (C=O) groups excluding carboxylic acids is 2. The second-order valence-electron chi connectivity index (χ2n) is 8.18. The minimum Gasteiger partial charge on any atom is -0.494 e. The van der Waals surface area contributed by atoms with E-state index in [9.17, 15) is 9.59 Å². The molecule has 0 aliphatic carbocycles. The van der Waals surface area contributed by atoms with Crippen LogP contribution >= 0.6 is 0 Å². The van der Waals surface area contributed by atoms with E-state index in [0.29, 0.717) is 40.4 Å². The van der Waals surface area contributed by atoms with Crippen molar-refractivity contribution in [3.63, 3.8) is 0 Å². The number of H-pyrrole nitrogens is 1. The number of rotatable bonds is 7. The Labute approximate surface area is 207 Å². The van der Waals surface area contributed by atoms with E-state index < -0.39 is 17.8 Å². The van der Waals surface area contributed by atoms with Gasteiger partial charge in [0.2, 0.25) is 0 Å². The molecule has 36 heavy (non-hydrogen) atoms. The number of nitrogens with one attached hydrogen (secondary N) is 1. The van der Waals surface area contributed by atoms with Crippen LogP contribution in [0.25, 0.3) is 11.3 Å². The van der Waals surface area contributed by atoms with Crippen molar-refractivity contribution in [2.45, 2.75) is 19.9 Å². The summed E-state index contributed by atoms with van der Waals surface area (Å²) in [7, 11) is 0. The Hall–Kier alpha value is -4.46. The van der Waals surface area contributed by atoms with Gasteiger partial charge in [-0.05, 0) is 68.4 Å². The average molecular weight is 486 g/mol. The largest absolute Gasteiger partial charge is 0.494 e. The number of aromatic amines is 1. The van der Waals surface area contributed by atoms with Gasteiger partial charge in [-0.15, -0.1) is 0 Å². The fourth-order valence-electron chi connectivity index (χ4n) is 4.47. The Balaban J connectivity index is 1.61. The molecule has 0 spiro atoms. The third-order valence-electron chi connectivity index (χ3n) is 6.06. The van der Waals surface area contributed by atoms with Gasteiger partial charge in [0.1, 0.15) is 17.3 Å². The molecule has 0 saturated heterocycles. The van der Waals surface area contributed by atoms with Crippen LogP contribution in [0, 0.1) is 5.82 Å². The Kier molecular flexibility index (Phi) is 6.25. The highest BCUT2D eigenvalue weighted by Crippen LogP contribution is 2.45. The maximum Gasteiger partial charge on any atom is 0.338 e. The maximum atomic E-state index is 15.1. The first-order chi connectivity index (χ1) is 17.5.